The molecule has 3 rings (SSSR count). The average Bonchev–Trinajstić information content (AvgIpc) is 3.44. The first-order valence-electron chi connectivity index (χ1n) is 9.66. The van der Waals surface area contributed by atoms with Crippen LogP contribution in [0.25, 0.3) is 0 Å². The van der Waals surface area contributed by atoms with Crippen LogP contribution in [0.3, 0.4) is 0 Å². The Morgan fingerprint density at radius 2 is 1.75 bits per heavy atom. The normalized spacial score (nSPS) is 19.3. The maximum Gasteiger partial charge on any atom is 0.191 e. The van der Waals surface area contributed by atoms with E-state index in [0.717, 1.165) is 38.1 Å². The Balaban J connectivity index is 1.48. The van der Waals surface area contributed by atoms with Crippen molar-refractivity contribution in [3.63, 3.8) is 0 Å². The summed E-state index contributed by atoms with van der Waals surface area (Å²) in [7, 11) is 0. The van der Waals surface area contributed by atoms with E-state index >= 15 is 0 Å². The Kier molecular flexibility index (Phi) is 6.53. The number of hydrogen-bond donors (Lipinski definition) is 2. The highest BCUT2D eigenvalue weighted by molar-refractivity contribution is 5.79. The van der Waals surface area contributed by atoms with Crippen LogP contribution in [0, 0.1) is 5.92 Å². The smallest absolute Gasteiger partial charge is 0.191 e. The van der Waals surface area contributed by atoms with E-state index < -0.39 is 0 Å². The van der Waals surface area contributed by atoms with Crippen molar-refractivity contribution in [2.45, 2.75) is 52.1 Å². The molecule has 1 heterocycles. The molecule has 0 aromatic heterocycles. The zero-order valence-corrected chi connectivity index (χ0v) is 15.1. The minimum atomic E-state index is 0.740. The van der Waals surface area contributed by atoms with Gasteiger partial charge in [0.25, 0.3) is 0 Å². The number of hydrogen-bond acceptors (Lipinski definition) is 2. The minimum absolute atomic E-state index is 0.740. The summed E-state index contributed by atoms with van der Waals surface area (Å²) < 4.78 is 0. The molecule has 1 saturated carbocycles. The van der Waals surface area contributed by atoms with Crippen molar-refractivity contribution < 1.29 is 0 Å². The molecule has 24 heavy (non-hydrogen) atoms. The van der Waals surface area contributed by atoms with E-state index in [1.807, 2.05) is 0 Å². The van der Waals surface area contributed by atoms with Crippen molar-refractivity contribution in [2.24, 2.45) is 10.9 Å². The molecule has 1 aliphatic carbocycles. The summed E-state index contributed by atoms with van der Waals surface area (Å²) in [4.78, 5) is 7.28. The fourth-order valence-electron chi connectivity index (χ4n) is 3.20. The number of nitrogens with one attached hydrogen (secondary N) is 2. The molecule has 1 aromatic carbocycles. The molecule has 132 valence electrons. The Bertz CT molecular complexity index is 513. The minimum Gasteiger partial charge on any atom is -0.357 e. The van der Waals surface area contributed by atoms with Gasteiger partial charge in [-0.05, 0) is 62.7 Å². The maximum atomic E-state index is 4.71. The summed E-state index contributed by atoms with van der Waals surface area (Å²) >= 11 is 0. The van der Waals surface area contributed by atoms with Crippen LogP contribution in [0.5, 0.6) is 0 Å². The standard InChI is InChI=1S/C20H32N4/c1-2-21-20(22-14-17-6-7-17)23-15-18-8-10-19(11-9-18)16-24-12-4-3-5-13-24/h8-11,17H,2-7,12-16H2,1H3,(H2,21,22,23). The van der Waals surface area contributed by atoms with Gasteiger partial charge in [0.05, 0.1) is 6.54 Å². The Morgan fingerprint density at radius 3 is 2.42 bits per heavy atom. The molecule has 2 fully saturated rings. The van der Waals surface area contributed by atoms with Crippen LogP contribution in [0.15, 0.2) is 29.3 Å². The molecule has 0 bridgehead atoms. The van der Waals surface area contributed by atoms with Gasteiger partial charge in [-0.15, -0.1) is 0 Å². The van der Waals surface area contributed by atoms with E-state index in [1.165, 1.54) is 56.3 Å². The summed E-state index contributed by atoms with van der Waals surface area (Å²) in [5.74, 6) is 1.81. The van der Waals surface area contributed by atoms with E-state index in [4.69, 9.17) is 4.99 Å². The van der Waals surface area contributed by atoms with Crippen molar-refractivity contribution in [2.75, 3.05) is 26.2 Å². The predicted molar refractivity (Wildman–Crippen MR) is 101 cm³/mol. The number of likely N-dealkylation sites (tertiary alicyclic amines) is 1. The maximum absolute atomic E-state index is 4.71. The van der Waals surface area contributed by atoms with Gasteiger partial charge in [0.2, 0.25) is 0 Å². The molecule has 4 nitrogen and oxygen atoms in total. The first-order chi connectivity index (χ1) is 11.8. The van der Waals surface area contributed by atoms with Crippen LogP contribution < -0.4 is 10.6 Å². The fraction of sp³-hybridized carbons (Fsp3) is 0.650. The van der Waals surface area contributed by atoms with Crippen molar-refractivity contribution in [1.82, 2.24) is 15.5 Å². The van der Waals surface area contributed by atoms with Gasteiger partial charge in [-0.2, -0.15) is 0 Å². The van der Waals surface area contributed by atoms with Crippen LogP contribution in [-0.2, 0) is 13.1 Å². The Morgan fingerprint density at radius 1 is 1.04 bits per heavy atom. The molecule has 0 amide bonds. The number of aliphatic imine (C=N–C) groups is 1. The molecule has 0 unspecified atom stereocenters. The summed E-state index contributed by atoms with van der Waals surface area (Å²) in [6.45, 7) is 8.42. The molecule has 1 aliphatic heterocycles. The second-order valence-corrected chi connectivity index (χ2v) is 7.17. The van der Waals surface area contributed by atoms with Crippen LogP contribution >= 0.6 is 0 Å². The van der Waals surface area contributed by atoms with Gasteiger partial charge in [-0.1, -0.05) is 30.7 Å². The SMILES string of the molecule is CCNC(=NCc1ccc(CN2CCCCC2)cc1)NCC1CC1. The van der Waals surface area contributed by atoms with Crippen LogP contribution in [0.4, 0.5) is 0 Å². The van der Waals surface area contributed by atoms with E-state index in [2.05, 4.69) is 46.7 Å². The quantitative estimate of drug-likeness (QED) is 0.597. The lowest BCUT2D eigenvalue weighted by atomic mass is 10.1. The van der Waals surface area contributed by atoms with Crippen molar-refractivity contribution >= 4 is 5.96 Å². The molecular weight excluding hydrogens is 296 g/mol. The van der Waals surface area contributed by atoms with Crippen LogP contribution in [-0.4, -0.2) is 37.0 Å². The zero-order valence-electron chi connectivity index (χ0n) is 15.1. The first-order valence-corrected chi connectivity index (χ1v) is 9.66. The second-order valence-electron chi connectivity index (χ2n) is 7.17. The molecule has 4 heteroatoms. The third-order valence-electron chi connectivity index (χ3n) is 4.90. The number of rotatable bonds is 7. The van der Waals surface area contributed by atoms with E-state index in [0.29, 0.717) is 0 Å². The second kappa shape index (κ2) is 9.07. The van der Waals surface area contributed by atoms with Crippen LogP contribution in [0.2, 0.25) is 0 Å². The highest BCUT2D eigenvalue weighted by Gasteiger charge is 2.21. The molecule has 1 aromatic rings. The largest absolute Gasteiger partial charge is 0.357 e. The Labute approximate surface area is 146 Å². The van der Waals surface area contributed by atoms with Crippen LogP contribution in [0.1, 0.15) is 50.2 Å². The molecule has 1 saturated heterocycles. The third-order valence-corrected chi connectivity index (χ3v) is 4.90. The van der Waals surface area contributed by atoms with Gasteiger partial charge in [0.15, 0.2) is 5.96 Å². The summed E-state index contributed by atoms with van der Waals surface area (Å²) in [5.41, 5.74) is 2.70. The Hall–Kier alpha value is -1.55. The van der Waals surface area contributed by atoms with Gasteiger partial charge >= 0.3 is 0 Å². The topological polar surface area (TPSA) is 39.7 Å². The number of nitrogens with zero attached hydrogens (tertiary/aromatic N) is 2. The van der Waals surface area contributed by atoms with E-state index in [1.54, 1.807) is 0 Å². The number of piperidine rings is 1. The van der Waals surface area contributed by atoms with Gasteiger partial charge in [-0.25, -0.2) is 4.99 Å². The van der Waals surface area contributed by atoms with Gasteiger partial charge in [0, 0.05) is 19.6 Å². The lowest BCUT2D eigenvalue weighted by Crippen LogP contribution is -2.38. The summed E-state index contributed by atoms with van der Waals surface area (Å²) in [6, 6.07) is 8.99. The number of guanidine groups is 1. The van der Waals surface area contributed by atoms with Crippen molar-refractivity contribution in [3.8, 4) is 0 Å². The molecule has 0 radical (unpaired) electrons. The monoisotopic (exact) mass is 328 g/mol. The van der Waals surface area contributed by atoms with Crippen molar-refractivity contribution in [1.29, 1.82) is 0 Å². The molecule has 2 aliphatic rings. The van der Waals surface area contributed by atoms with Gasteiger partial charge in [-0.3, -0.25) is 4.90 Å². The summed E-state index contributed by atoms with van der Waals surface area (Å²) in [6.07, 6.45) is 6.84. The zero-order chi connectivity index (χ0) is 16.6. The van der Waals surface area contributed by atoms with Crippen molar-refractivity contribution in [3.05, 3.63) is 35.4 Å². The molecule has 2 N–H and O–H groups in total. The molecular formula is C20H32N4. The predicted octanol–water partition coefficient (Wildman–Crippen LogP) is 3.14. The van der Waals surface area contributed by atoms with Gasteiger partial charge in [0.1, 0.15) is 0 Å². The first kappa shape index (κ1) is 17.3. The fourth-order valence-corrected chi connectivity index (χ4v) is 3.20. The van der Waals surface area contributed by atoms with E-state index in [-0.39, 0.29) is 0 Å². The van der Waals surface area contributed by atoms with E-state index in [9.17, 15) is 0 Å². The third kappa shape index (κ3) is 5.82. The molecule has 0 spiro atoms. The highest BCUT2D eigenvalue weighted by atomic mass is 15.2. The lowest BCUT2D eigenvalue weighted by molar-refractivity contribution is 0.221. The lowest BCUT2D eigenvalue weighted by Gasteiger charge is -2.26. The summed E-state index contributed by atoms with van der Waals surface area (Å²) in [5, 5.41) is 6.78. The highest BCUT2D eigenvalue weighted by Crippen LogP contribution is 2.27. The van der Waals surface area contributed by atoms with Gasteiger partial charge < -0.3 is 10.6 Å². The molecule has 0 atom stereocenters. The average molecular weight is 329 g/mol. The number of benzene rings is 1.